The third-order valence-electron chi connectivity index (χ3n) is 9.29. The number of nitrogens with zero attached hydrogens (tertiary/aromatic N) is 1. The molecule has 0 radical (unpaired) electrons. The number of allylic oxidation sites excluding steroid dienone is 2. The number of quaternary nitrogens is 1. The highest BCUT2D eigenvalue weighted by Crippen LogP contribution is 2.38. The van der Waals surface area contributed by atoms with E-state index in [-0.39, 0.29) is 32.0 Å². The first-order valence-electron chi connectivity index (χ1n) is 21.4. The topological polar surface area (TPSA) is 111 Å². The molecule has 10 heteroatoms. The maximum absolute atomic E-state index is 12.6. The number of hydrogen-bond donors (Lipinski definition) is 0. The minimum absolute atomic E-state index is 0.0287. The molecule has 0 fully saturated rings. The van der Waals surface area contributed by atoms with Gasteiger partial charge in [0.15, 0.2) is 6.10 Å². The van der Waals surface area contributed by atoms with Crippen molar-refractivity contribution in [2.45, 2.75) is 200 Å². The van der Waals surface area contributed by atoms with Crippen LogP contribution in [0.15, 0.2) is 12.2 Å². The Bertz CT molecular complexity index is 907. The van der Waals surface area contributed by atoms with Crippen molar-refractivity contribution in [1.82, 2.24) is 0 Å². The van der Waals surface area contributed by atoms with Crippen LogP contribution in [0.1, 0.15) is 194 Å². The molecular formula is C42H82NO8P. The Morgan fingerprint density at radius 1 is 0.577 bits per heavy atom. The Hall–Kier alpha value is -1.25. The number of carbonyl (C=O) groups is 2. The van der Waals surface area contributed by atoms with Crippen LogP contribution in [0, 0.1) is 0 Å². The highest BCUT2D eigenvalue weighted by Gasteiger charge is 2.21. The summed E-state index contributed by atoms with van der Waals surface area (Å²) in [6.07, 6.45) is 35.2. The van der Waals surface area contributed by atoms with E-state index in [1.165, 1.54) is 116 Å². The maximum atomic E-state index is 12.6. The lowest BCUT2D eigenvalue weighted by atomic mass is 10.1. The van der Waals surface area contributed by atoms with Gasteiger partial charge in [-0.3, -0.25) is 14.2 Å². The Kier molecular flexibility index (Phi) is 34.6. The number of rotatable bonds is 39. The van der Waals surface area contributed by atoms with E-state index in [0.717, 1.165) is 44.9 Å². The predicted molar refractivity (Wildman–Crippen MR) is 213 cm³/mol. The highest BCUT2D eigenvalue weighted by molar-refractivity contribution is 7.45. The molecule has 0 saturated heterocycles. The molecule has 0 aliphatic heterocycles. The Labute approximate surface area is 320 Å². The fraction of sp³-hybridized carbons (Fsp3) is 0.905. The molecular weight excluding hydrogens is 677 g/mol. The van der Waals surface area contributed by atoms with Crippen LogP contribution in [0.5, 0.6) is 0 Å². The molecule has 0 aromatic heterocycles. The van der Waals surface area contributed by atoms with Crippen molar-refractivity contribution in [2.24, 2.45) is 0 Å². The molecule has 0 heterocycles. The van der Waals surface area contributed by atoms with Crippen molar-refractivity contribution in [3.63, 3.8) is 0 Å². The van der Waals surface area contributed by atoms with Crippen molar-refractivity contribution in [3.05, 3.63) is 12.2 Å². The maximum Gasteiger partial charge on any atom is 0.306 e. The first-order valence-corrected chi connectivity index (χ1v) is 22.9. The van der Waals surface area contributed by atoms with Gasteiger partial charge in [-0.05, 0) is 38.5 Å². The summed E-state index contributed by atoms with van der Waals surface area (Å²) in [5.74, 6) is -0.833. The second-order valence-electron chi connectivity index (χ2n) is 15.7. The van der Waals surface area contributed by atoms with Crippen LogP contribution in [-0.2, 0) is 32.7 Å². The third-order valence-corrected chi connectivity index (χ3v) is 10.2. The summed E-state index contributed by atoms with van der Waals surface area (Å²) < 4.78 is 33.8. The Balaban J connectivity index is 4.34. The van der Waals surface area contributed by atoms with Crippen LogP contribution in [0.3, 0.4) is 0 Å². The molecule has 308 valence electrons. The lowest BCUT2D eigenvalue weighted by molar-refractivity contribution is -0.870. The van der Waals surface area contributed by atoms with Gasteiger partial charge in [0.25, 0.3) is 7.82 Å². The number of likely N-dealkylation sites (N-methyl/N-ethyl adjacent to an activating group) is 1. The summed E-state index contributed by atoms with van der Waals surface area (Å²) in [5.41, 5.74) is 0. The standard InChI is InChI=1S/C42H82NO8P/c1-6-8-10-12-14-16-18-19-20-21-22-23-25-27-29-31-33-35-42(45)51-40(39-50-52(46,47)49-37-36-43(3,4)5)38-48-41(44)34-32-30-28-26-24-17-15-13-11-9-7-2/h19-20,40H,6-18,21-39H2,1-5H3/b20-19+/t40-/m1/s1. The van der Waals surface area contributed by atoms with E-state index in [1.54, 1.807) is 0 Å². The zero-order valence-electron chi connectivity index (χ0n) is 34.5. The molecule has 0 saturated carbocycles. The third kappa shape index (κ3) is 38.5. The van der Waals surface area contributed by atoms with Gasteiger partial charge in [0.2, 0.25) is 0 Å². The van der Waals surface area contributed by atoms with Gasteiger partial charge in [-0.15, -0.1) is 0 Å². The molecule has 0 amide bonds. The average Bonchev–Trinajstić information content (AvgIpc) is 3.09. The van der Waals surface area contributed by atoms with Crippen LogP contribution in [0.25, 0.3) is 0 Å². The highest BCUT2D eigenvalue weighted by atomic mass is 31.2. The summed E-state index contributed by atoms with van der Waals surface area (Å²) in [7, 11) is 1.17. The SMILES string of the molecule is CCCCCCCC/C=C/CCCCCCCCCC(=O)O[C@H](COC(=O)CCCCCCCCCCCCC)COP(=O)([O-])OCC[N+](C)(C)C. The number of unbranched alkanes of at least 4 members (excludes halogenated alkanes) is 23. The molecule has 2 atom stereocenters. The molecule has 0 bridgehead atoms. The Morgan fingerprint density at radius 2 is 0.981 bits per heavy atom. The molecule has 0 N–H and O–H groups in total. The predicted octanol–water partition coefficient (Wildman–Crippen LogP) is 11.2. The number of carbonyl (C=O) groups excluding carboxylic acids is 2. The van der Waals surface area contributed by atoms with Gasteiger partial charge in [0.1, 0.15) is 19.8 Å². The molecule has 52 heavy (non-hydrogen) atoms. The van der Waals surface area contributed by atoms with Crippen LogP contribution in [0.2, 0.25) is 0 Å². The lowest BCUT2D eigenvalue weighted by Gasteiger charge is -2.28. The van der Waals surface area contributed by atoms with Crippen molar-refractivity contribution < 1.29 is 42.1 Å². The fourth-order valence-corrected chi connectivity index (χ4v) is 6.61. The van der Waals surface area contributed by atoms with Crippen LogP contribution in [0.4, 0.5) is 0 Å². The summed E-state index contributed by atoms with van der Waals surface area (Å²) in [5, 5.41) is 0. The minimum atomic E-state index is -4.62. The molecule has 0 rings (SSSR count). The zero-order chi connectivity index (χ0) is 38.6. The largest absolute Gasteiger partial charge is 0.756 e. The number of hydrogen-bond acceptors (Lipinski definition) is 8. The number of ether oxygens (including phenoxy) is 2. The van der Waals surface area contributed by atoms with E-state index in [2.05, 4.69) is 26.0 Å². The van der Waals surface area contributed by atoms with Gasteiger partial charge in [0.05, 0.1) is 27.7 Å². The first kappa shape index (κ1) is 50.8. The van der Waals surface area contributed by atoms with Crippen molar-refractivity contribution in [3.8, 4) is 0 Å². The smallest absolute Gasteiger partial charge is 0.306 e. The van der Waals surface area contributed by atoms with Crippen molar-refractivity contribution >= 4 is 19.8 Å². The summed E-state index contributed by atoms with van der Waals surface area (Å²) >= 11 is 0. The summed E-state index contributed by atoms with van der Waals surface area (Å²) in [4.78, 5) is 37.4. The number of phosphoric ester groups is 1. The van der Waals surface area contributed by atoms with E-state index >= 15 is 0 Å². The van der Waals surface area contributed by atoms with E-state index in [1.807, 2.05) is 21.1 Å². The second-order valence-corrected chi connectivity index (χ2v) is 17.1. The van der Waals surface area contributed by atoms with E-state index in [0.29, 0.717) is 17.4 Å². The molecule has 0 spiro atoms. The lowest BCUT2D eigenvalue weighted by Crippen LogP contribution is -2.37. The van der Waals surface area contributed by atoms with Gasteiger partial charge in [-0.25, -0.2) is 0 Å². The van der Waals surface area contributed by atoms with Gasteiger partial charge in [-0.1, -0.05) is 154 Å². The van der Waals surface area contributed by atoms with E-state index < -0.39 is 26.5 Å². The van der Waals surface area contributed by atoms with Crippen molar-refractivity contribution in [1.29, 1.82) is 0 Å². The van der Waals surface area contributed by atoms with E-state index in [4.69, 9.17) is 18.5 Å². The quantitative estimate of drug-likeness (QED) is 0.0200. The second kappa shape index (κ2) is 35.5. The van der Waals surface area contributed by atoms with Gasteiger partial charge >= 0.3 is 11.9 Å². The fourth-order valence-electron chi connectivity index (χ4n) is 5.88. The monoisotopic (exact) mass is 760 g/mol. The molecule has 0 aliphatic rings. The summed E-state index contributed by atoms with van der Waals surface area (Å²) in [6.45, 7) is 4.22. The first-order chi connectivity index (χ1) is 25.0. The summed E-state index contributed by atoms with van der Waals surface area (Å²) in [6, 6.07) is 0. The number of phosphoric acid groups is 1. The van der Waals surface area contributed by atoms with Gasteiger partial charge in [-0.2, -0.15) is 0 Å². The molecule has 1 unspecified atom stereocenters. The van der Waals surface area contributed by atoms with Crippen molar-refractivity contribution in [2.75, 3.05) is 47.5 Å². The normalized spacial score (nSPS) is 13.7. The molecule has 0 aromatic rings. The van der Waals surface area contributed by atoms with Crippen LogP contribution < -0.4 is 4.89 Å². The van der Waals surface area contributed by atoms with Crippen LogP contribution in [-0.4, -0.2) is 70.0 Å². The average molecular weight is 760 g/mol. The Morgan fingerprint density at radius 3 is 1.42 bits per heavy atom. The minimum Gasteiger partial charge on any atom is -0.756 e. The molecule has 9 nitrogen and oxygen atoms in total. The van der Waals surface area contributed by atoms with Crippen LogP contribution >= 0.6 is 7.82 Å². The van der Waals surface area contributed by atoms with Gasteiger partial charge < -0.3 is 27.9 Å². The molecule has 0 aliphatic carbocycles. The number of esters is 2. The zero-order valence-corrected chi connectivity index (χ0v) is 35.4. The molecule has 0 aromatic carbocycles. The van der Waals surface area contributed by atoms with E-state index in [9.17, 15) is 19.0 Å². The van der Waals surface area contributed by atoms with Gasteiger partial charge in [0, 0.05) is 12.8 Å².